The molecule has 0 aliphatic rings. The van der Waals surface area contributed by atoms with Crippen LogP contribution in [0, 0.1) is 0 Å². The second kappa shape index (κ2) is 7.10. The second-order valence-electron chi connectivity index (χ2n) is 3.28. The van der Waals surface area contributed by atoms with Crippen LogP contribution < -0.4 is 4.57 Å². The Labute approximate surface area is 109 Å². The van der Waals surface area contributed by atoms with Crippen LogP contribution in [0.2, 0.25) is 0 Å². The molecule has 1 rings (SSSR count). The van der Waals surface area contributed by atoms with Crippen molar-refractivity contribution in [1.82, 2.24) is 4.57 Å². The zero-order valence-corrected chi connectivity index (χ0v) is 10.7. The number of halogens is 3. The summed E-state index contributed by atoms with van der Waals surface area (Å²) in [6.07, 6.45) is 9.82. The summed E-state index contributed by atoms with van der Waals surface area (Å²) in [5, 5.41) is 0. The standard InChI is InChI=1S/C9H13N2.CHF3O3S/c1-3-5-10-7-8-11(9-10)6-4-2;2-1(3,4)8(5,6)7/h3-4,7-9H,1-2,5-6H2;(H,5,6,7)/q+1;/p-1. The molecule has 9 heteroatoms. The molecule has 0 amide bonds. The van der Waals surface area contributed by atoms with Crippen LogP contribution >= 0.6 is 0 Å². The summed E-state index contributed by atoms with van der Waals surface area (Å²) in [4.78, 5) is 0. The third-order valence-electron chi connectivity index (χ3n) is 1.71. The van der Waals surface area contributed by atoms with Gasteiger partial charge in [-0.25, -0.2) is 17.6 Å². The first kappa shape index (κ1) is 17.4. The maximum atomic E-state index is 10.7. The molecule has 0 unspecified atom stereocenters. The van der Waals surface area contributed by atoms with Gasteiger partial charge in [-0.05, 0) is 0 Å². The van der Waals surface area contributed by atoms with Crippen molar-refractivity contribution in [3.63, 3.8) is 0 Å². The van der Waals surface area contributed by atoms with Gasteiger partial charge in [-0.1, -0.05) is 25.3 Å². The number of hydrogen-bond acceptors (Lipinski definition) is 3. The lowest BCUT2D eigenvalue weighted by Gasteiger charge is -2.08. The zero-order valence-electron chi connectivity index (χ0n) is 9.88. The van der Waals surface area contributed by atoms with E-state index in [0.717, 1.165) is 13.1 Å². The number of aromatic nitrogens is 2. The SMILES string of the molecule is C=CCn1cc[n+](CC=C)c1.O=S(=O)([O-])C(F)(F)F. The van der Waals surface area contributed by atoms with Crippen LogP contribution in [0.15, 0.2) is 44.0 Å². The molecule has 1 aromatic heterocycles. The molecule has 0 spiro atoms. The topological polar surface area (TPSA) is 66.0 Å². The van der Waals surface area contributed by atoms with Gasteiger partial charge < -0.3 is 4.55 Å². The van der Waals surface area contributed by atoms with Crippen LogP contribution in [0.1, 0.15) is 0 Å². The highest BCUT2D eigenvalue weighted by Gasteiger charge is 2.36. The molecule has 1 aromatic rings. The summed E-state index contributed by atoms with van der Waals surface area (Å²) in [6.45, 7) is 9.05. The van der Waals surface area contributed by atoms with Crippen LogP contribution in [-0.4, -0.2) is 23.0 Å². The molecule has 0 aromatic carbocycles. The van der Waals surface area contributed by atoms with Gasteiger partial charge in [0.1, 0.15) is 25.5 Å². The number of rotatable bonds is 4. The van der Waals surface area contributed by atoms with E-state index in [9.17, 15) is 13.2 Å². The molecule has 0 fully saturated rings. The summed E-state index contributed by atoms with van der Waals surface area (Å²) in [7, 11) is -6.09. The Balaban J connectivity index is 0.000000362. The normalized spacial score (nSPS) is 11.4. The van der Waals surface area contributed by atoms with Crippen molar-refractivity contribution >= 4 is 10.1 Å². The van der Waals surface area contributed by atoms with Gasteiger partial charge in [-0.3, -0.25) is 0 Å². The smallest absolute Gasteiger partial charge is 0.485 e. The average Bonchev–Trinajstić information content (AvgIpc) is 2.65. The Hall–Kier alpha value is -1.61. The highest BCUT2D eigenvalue weighted by atomic mass is 32.2. The predicted molar refractivity (Wildman–Crippen MR) is 60.8 cm³/mol. The van der Waals surface area contributed by atoms with Crippen molar-refractivity contribution in [2.45, 2.75) is 18.6 Å². The monoisotopic (exact) mass is 298 g/mol. The first-order chi connectivity index (χ1) is 8.61. The van der Waals surface area contributed by atoms with Crippen LogP contribution in [0.4, 0.5) is 13.2 Å². The molecule has 0 saturated heterocycles. The van der Waals surface area contributed by atoms with E-state index in [-0.39, 0.29) is 0 Å². The van der Waals surface area contributed by atoms with Crippen LogP contribution in [-0.2, 0) is 23.2 Å². The highest BCUT2D eigenvalue weighted by molar-refractivity contribution is 7.86. The Kier molecular flexibility index (Phi) is 6.49. The fourth-order valence-corrected chi connectivity index (χ4v) is 0.953. The Morgan fingerprint density at radius 1 is 1.32 bits per heavy atom. The van der Waals surface area contributed by atoms with Gasteiger partial charge in [0.2, 0.25) is 6.33 Å². The Bertz CT molecular complexity index is 496. The molecule has 0 atom stereocenters. The molecule has 108 valence electrons. The number of allylic oxidation sites excluding steroid dienone is 2. The van der Waals surface area contributed by atoms with Gasteiger partial charge in [0.05, 0.1) is 0 Å². The third kappa shape index (κ3) is 6.77. The molecular weight excluding hydrogens is 285 g/mol. The van der Waals surface area contributed by atoms with E-state index in [4.69, 9.17) is 13.0 Å². The Morgan fingerprint density at radius 3 is 2.21 bits per heavy atom. The van der Waals surface area contributed by atoms with Crippen LogP contribution in [0.3, 0.4) is 0 Å². The molecule has 0 saturated carbocycles. The molecule has 0 radical (unpaired) electrons. The van der Waals surface area contributed by atoms with Crippen molar-refractivity contribution in [3.8, 4) is 0 Å². The number of alkyl halides is 3. The van der Waals surface area contributed by atoms with Crippen molar-refractivity contribution in [2.75, 3.05) is 0 Å². The van der Waals surface area contributed by atoms with Crippen LogP contribution in [0.5, 0.6) is 0 Å². The molecule has 1 heterocycles. The molecular formula is C10H13F3N2O3S. The summed E-state index contributed by atoms with van der Waals surface area (Å²) in [5.41, 5.74) is -5.65. The van der Waals surface area contributed by atoms with Gasteiger partial charge in [-0.15, -0.1) is 0 Å². The van der Waals surface area contributed by atoms with Crippen molar-refractivity contribution < 1.29 is 30.7 Å². The minimum atomic E-state index is -6.09. The van der Waals surface area contributed by atoms with Crippen molar-refractivity contribution in [2.24, 2.45) is 0 Å². The van der Waals surface area contributed by atoms with E-state index in [0.29, 0.717) is 0 Å². The minimum Gasteiger partial charge on any atom is -0.741 e. The first-order valence-corrected chi connectivity index (χ1v) is 6.31. The first-order valence-electron chi connectivity index (χ1n) is 4.90. The van der Waals surface area contributed by atoms with E-state index < -0.39 is 15.6 Å². The van der Waals surface area contributed by atoms with Gasteiger partial charge in [-0.2, -0.15) is 13.2 Å². The largest absolute Gasteiger partial charge is 0.741 e. The maximum Gasteiger partial charge on any atom is 0.485 e. The van der Waals surface area contributed by atoms with Gasteiger partial charge in [0.15, 0.2) is 10.1 Å². The van der Waals surface area contributed by atoms with E-state index in [2.05, 4.69) is 22.3 Å². The average molecular weight is 298 g/mol. The zero-order chi connectivity index (χ0) is 15.1. The van der Waals surface area contributed by atoms with E-state index in [1.165, 1.54) is 0 Å². The number of imidazole rings is 1. The lowest BCUT2D eigenvalue weighted by molar-refractivity contribution is -0.686. The minimum absolute atomic E-state index is 0.865. The predicted octanol–water partition coefficient (Wildman–Crippen LogP) is 1.20. The van der Waals surface area contributed by atoms with Crippen LogP contribution in [0.25, 0.3) is 0 Å². The fourth-order valence-electron chi connectivity index (χ4n) is 0.953. The van der Waals surface area contributed by atoms with E-state index >= 15 is 0 Å². The number of nitrogens with zero attached hydrogens (tertiary/aromatic N) is 2. The van der Waals surface area contributed by atoms with E-state index in [1.807, 2.05) is 30.9 Å². The van der Waals surface area contributed by atoms with Gasteiger partial charge in [0, 0.05) is 0 Å². The fraction of sp³-hybridized carbons (Fsp3) is 0.300. The quantitative estimate of drug-likeness (QED) is 0.363. The number of hydrogen-bond donors (Lipinski definition) is 0. The molecule has 19 heavy (non-hydrogen) atoms. The third-order valence-corrected chi connectivity index (χ3v) is 2.28. The summed E-state index contributed by atoms with van der Waals surface area (Å²) in [6, 6.07) is 0. The molecule has 5 nitrogen and oxygen atoms in total. The van der Waals surface area contributed by atoms with E-state index in [1.54, 1.807) is 0 Å². The molecule has 0 aliphatic heterocycles. The van der Waals surface area contributed by atoms with Gasteiger partial charge >= 0.3 is 5.51 Å². The lowest BCUT2D eigenvalue weighted by atomic mass is 10.6. The summed E-state index contributed by atoms with van der Waals surface area (Å²) >= 11 is 0. The molecule has 0 bridgehead atoms. The van der Waals surface area contributed by atoms with Crippen molar-refractivity contribution in [3.05, 3.63) is 44.0 Å². The van der Waals surface area contributed by atoms with Crippen molar-refractivity contribution in [1.29, 1.82) is 0 Å². The highest BCUT2D eigenvalue weighted by Crippen LogP contribution is 2.20. The summed E-state index contributed by atoms with van der Waals surface area (Å²) in [5.74, 6) is 0. The molecule has 0 aliphatic carbocycles. The second-order valence-corrected chi connectivity index (χ2v) is 4.66. The maximum absolute atomic E-state index is 10.7. The Morgan fingerprint density at radius 2 is 1.84 bits per heavy atom. The molecule has 0 N–H and O–H groups in total. The summed E-state index contributed by atoms with van der Waals surface area (Å²) < 4.78 is 63.0. The van der Waals surface area contributed by atoms with Gasteiger partial charge in [0.25, 0.3) is 0 Å². The lowest BCUT2D eigenvalue weighted by Crippen LogP contribution is -2.29.